The SMILES string of the molecule is O=C(O)c1c(F)c2cc(Cl)ccc2n1Cc1ccccc1. The van der Waals surface area contributed by atoms with Gasteiger partial charge in [0.05, 0.1) is 5.52 Å². The molecule has 0 unspecified atom stereocenters. The molecule has 5 heteroatoms. The van der Waals surface area contributed by atoms with Gasteiger partial charge in [0.15, 0.2) is 11.5 Å². The smallest absolute Gasteiger partial charge is 0.355 e. The minimum absolute atomic E-state index is 0.218. The summed E-state index contributed by atoms with van der Waals surface area (Å²) in [5.74, 6) is -2.05. The van der Waals surface area contributed by atoms with Crippen LogP contribution in [0.25, 0.3) is 10.9 Å². The van der Waals surface area contributed by atoms with Crippen molar-refractivity contribution < 1.29 is 14.3 Å². The van der Waals surface area contributed by atoms with E-state index in [1.54, 1.807) is 12.1 Å². The Kier molecular flexibility index (Phi) is 3.39. The van der Waals surface area contributed by atoms with Gasteiger partial charge in [0, 0.05) is 17.0 Å². The summed E-state index contributed by atoms with van der Waals surface area (Å²) in [6, 6.07) is 14.0. The van der Waals surface area contributed by atoms with Gasteiger partial charge in [0.25, 0.3) is 0 Å². The van der Waals surface area contributed by atoms with Crippen molar-refractivity contribution in [1.29, 1.82) is 0 Å². The van der Waals surface area contributed by atoms with Crippen molar-refractivity contribution in [3.63, 3.8) is 0 Å². The van der Waals surface area contributed by atoms with Gasteiger partial charge in [-0.25, -0.2) is 9.18 Å². The van der Waals surface area contributed by atoms with Crippen LogP contribution in [0.5, 0.6) is 0 Å². The highest BCUT2D eigenvalue weighted by molar-refractivity contribution is 6.31. The molecule has 0 aliphatic heterocycles. The van der Waals surface area contributed by atoms with Crippen molar-refractivity contribution in [2.45, 2.75) is 6.54 Å². The molecule has 1 heterocycles. The molecule has 0 aliphatic carbocycles. The Morgan fingerprint density at radius 3 is 2.57 bits per heavy atom. The first kappa shape index (κ1) is 13.6. The number of rotatable bonds is 3. The number of aromatic nitrogens is 1. The summed E-state index contributed by atoms with van der Waals surface area (Å²) >= 11 is 5.87. The van der Waals surface area contributed by atoms with E-state index in [9.17, 15) is 14.3 Å². The summed E-state index contributed by atoms with van der Waals surface area (Å²) in [7, 11) is 0. The van der Waals surface area contributed by atoms with Gasteiger partial charge in [0.2, 0.25) is 0 Å². The van der Waals surface area contributed by atoms with Crippen LogP contribution in [0.4, 0.5) is 4.39 Å². The maximum Gasteiger partial charge on any atom is 0.355 e. The molecule has 106 valence electrons. The molecule has 0 saturated carbocycles. The van der Waals surface area contributed by atoms with Crippen molar-refractivity contribution >= 4 is 28.5 Å². The van der Waals surface area contributed by atoms with Crippen LogP contribution in [0.3, 0.4) is 0 Å². The molecule has 2 aromatic carbocycles. The number of fused-ring (bicyclic) bond motifs is 1. The molecule has 0 amide bonds. The fraction of sp³-hybridized carbons (Fsp3) is 0.0625. The number of aromatic carboxylic acids is 1. The second-order valence-corrected chi connectivity index (χ2v) is 5.14. The lowest BCUT2D eigenvalue weighted by atomic mass is 10.2. The Morgan fingerprint density at radius 2 is 1.90 bits per heavy atom. The number of hydrogen-bond donors (Lipinski definition) is 1. The molecular formula is C16H11ClFNO2. The lowest BCUT2D eigenvalue weighted by Gasteiger charge is -2.08. The highest BCUT2D eigenvalue weighted by atomic mass is 35.5. The minimum atomic E-state index is -1.30. The molecule has 21 heavy (non-hydrogen) atoms. The molecule has 0 spiro atoms. The van der Waals surface area contributed by atoms with E-state index in [-0.39, 0.29) is 17.6 Å². The topological polar surface area (TPSA) is 42.2 Å². The zero-order chi connectivity index (χ0) is 15.0. The molecule has 0 aliphatic rings. The molecule has 1 N–H and O–H groups in total. The highest BCUT2D eigenvalue weighted by Crippen LogP contribution is 2.28. The first-order valence-electron chi connectivity index (χ1n) is 6.32. The maximum absolute atomic E-state index is 14.4. The second-order valence-electron chi connectivity index (χ2n) is 4.70. The normalized spacial score (nSPS) is 11.0. The van der Waals surface area contributed by atoms with Crippen molar-refractivity contribution in [2.24, 2.45) is 0 Å². The van der Waals surface area contributed by atoms with Crippen LogP contribution < -0.4 is 0 Å². The van der Waals surface area contributed by atoms with E-state index < -0.39 is 11.8 Å². The average Bonchev–Trinajstić information content (AvgIpc) is 2.72. The monoisotopic (exact) mass is 303 g/mol. The van der Waals surface area contributed by atoms with E-state index in [1.807, 2.05) is 30.3 Å². The first-order valence-corrected chi connectivity index (χ1v) is 6.70. The third-order valence-corrected chi connectivity index (χ3v) is 3.58. The maximum atomic E-state index is 14.4. The van der Waals surface area contributed by atoms with Crippen LogP contribution in [-0.4, -0.2) is 15.6 Å². The van der Waals surface area contributed by atoms with Crippen LogP contribution in [-0.2, 0) is 6.54 Å². The van der Waals surface area contributed by atoms with Crippen molar-refractivity contribution in [1.82, 2.24) is 4.57 Å². The van der Waals surface area contributed by atoms with E-state index in [0.717, 1.165) is 5.56 Å². The molecule has 1 aromatic heterocycles. The van der Waals surface area contributed by atoms with Gasteiger partial charge in [-0.15, -0.1) is 0 Å². The van der Waals surface area contributed by atoms with Crippen LogP contribution in [0.15, 0.2) is 48.5 Å². The number of nitrogens with zero attached hydrogens (tertiary/aromatic N) is 1. The van der Waals surface area contributed by atoms with E-state index in [2.05, 4.69) is 0 Å². The van der Waals surface area contributed by atoms with E-state index >= 15 is 0 Å². The predicted octanol–water partition coefficient (Wildman–Crippen LogP) is 4.18. The van der Waals surface area contributed by atoms with E-state index in [1.165, 1.54) is 10.6 Å². The van der Waals surface area contributed by atoms with Gasteiger partial charge in [-0.05, 0) is 23.8 Å². The molecule has 3 aromatic rings. The summed E-state index contributed by atoms with van der Waals surface area (Å²) in [4.78, 5) is 11.4. The molecular weight excluding hydrogens is 293 g/mol. The first-order chi connectivity index (χ1) is 10.1. The molecule has 0 bridgehead atoms. The lowest BCUT2D eigenvalue weighted by molar-refractivity contribution is 0.0681. The minimum Gasteiger partial charge on any atom is -0.476 e. The Balaban J connectivity index is 2.24. The van der Waals surface area contributed by atoms with E-state index in [0.29, 0.717) is 10.5 Å². The zero-order valence-electron chi connectivity index (χ0n) is 10.9. The quantitative estimate of drug-likeness (QED) is 0.788. The Morgan fingerprint density at radius 1 is 1.19 bits per heavy atom. The molecule has 0 radical (unpaired) electrons. The Labute approximate surface area is 125 Å². The summed E-state index contributed by atoms with van der Waals surface area (Å²) in [6.07, 6.45) is 0. The van der Waals surface area contributed by atoms with Crippen molar-refractivity contribution in [3.8, 4) is 0 Å². The number of hydrogen-bond acceptors (Lipinski definition) is 1. The number of carboxylic acid groups (broad SMARTS) is 1. The third-order valence-electron chi connectivity index (χ3n) is 3.35. The van der Waals surface area contributed by atoms with Gasteiger partial charge in [-0.2, -0.15) is 0 Å². The molecule has 0 atom stereocenters. The van der Waals surface area contributed by atoms with Gasteiger partial charge >= 0.3 is 5.97 Å². The standard InChI is InChI=1S/C16H11ClFNO2/c17-11-6-7-13-12(8-11)14(18)15(16(20)21)19(13)9-10-4-2-1-3-5-10/h1-8H,9H2,(H,20,21). The summed E-state index contributed by atoms with van der Waals surface area (Å²) in [5, 5.41) is 9.89. The summed E-state index contributed by atoms with van der Waals surface area (Å²) < 4.78 is 15.8. The largest absolute Gasteiger partial charge is 0.476 e. The number of benzene rings is 2. The number of carboxylic acids is 1. The van der Waals surface area contributed by atoms with Gasteiger partial charge < -0.3 is 9.67 Å². The van der Waals surface area contributed by atoms with Gasteiger partial charge in [-0.1, -0.05) is 41.9 Å². The van der Waals surface area contributed by atoms with Crippen LogP contribution in [0.1, 0.15) is 16.1 Å². The molecule has 3 rings (SSSR count). The fourth-order valence-electron chi connectivity index (χ4n) is 2.43. The second kappa shape index (κ2) is 5.22. The molecule has 3 nitrogen and oxygen atoms in total. The number of carbonyl (C=O) groups is 1. The molecule has 0 fully saturated rings. The van der Waals surface area contributed by atoms with Crippen LogP contribution in [0, 0.1) is 5.82 Å². The van der Waals surface area contributed by atoms with Gasteiger partial charge in [-0.3, -0.25) is 0 Å². The lowest BCUT2D eigenvalue weighted by Crippen LogP contribution is -2.10. The summed E-state index contributed by atoms with van der Waals surface area (Å²) in [5.41, 5.74) is 1.06. The summed E-state index contributed by atoms with van der Waals surface area (Å²) in [6.45, 7) is 0.282. The molecule has 0 saturated heterocycles. The Bertz CT molecular complexity index is 827. The fourth-order valence-corrected chi connectivity index (χ4v) is 2.60. The van der Waals surface area contributed by atoms with Gasteiger partial charge in [0.1, 0.15) is 0 Å². The third kappa shape index (κ3) is 2.38. The van der Waals surface area contributed by atoms with E-state index in [4.69, 9.17) is 11.6 Å². The van der Waals surface area contributed by atoms with Crippen LogP contribution in [0.2, 0.25) is 5.02 Å². The Hall–Kier alpha value is -2.33. The highest BCUT2D eigenvalue weighted by Gasteiger charge is 2.22. The number of halogens is 2. The van der Waals surface area contributed by atoms with Crippen LogP contribution >= 0.6 is 11.6 Å². The van der Waals surface area contributed by atoms with Crippen molar-refractivity contribution in [3.05, 3.63) is 70.6 Å². The van der Waals surface area contributed by atoms with Crippen molar-refractivity contribution in [2.75, 3.05) is 0 Å². The average molecular weight is 304 g/mol. The predicted molar refractivity (Wildman–Crippen MR) is 79.4 cm³/mol. The zero-order valence-corrected chi connectivity index (χ0v) is 11.6.